The first kappa shape index (κ1) is 20.6. The second-order valence-corrected chi connectivity index (χ2v) is 9.78. The topological polar surface area (TPSA) is 124 Å². The zero-order valence-corrected chi connectivity index (χ0v) is 18.9. The lowest BCUT2D eigenvalue weighted by Gasteiger charge is -2.39. The van der Waals surface area contributed by atoms with Crippen molar-refractivity contribution in [1.82, 2.24) is 30.0 Å². The summed E-state index contributed by atoms with van der Waals surface area (Å²) in [6.45, 7) is 7.68. The highest BCUT2D eigenvalue weighted by Crippen LogP contribution is 2.38. The fraction of sp³-hybridized carbons (Fsp3) is 0.545. The van der Waals surface area contributed by atoms with Crippen molar-refractivity contribution < 1.29 is 9.53 Å². The van der Waals surface area contributed by atoms with Crippen LogP contribution in [0.25, 0.3) is 11.0 Å². The summed E-state index contributed by atoms with van der Waals surface area (Å²) in [5.41, 5.74) is 2.14. The van der Waals surface area contributed by atoms with Crippen LogP contribution in [0.15, 0.2) is 18.3 Å². The summed E-state index contributed by atoms with van der Waals surface area (Å²) >= 11 is 0. The van der Waals surface area contributed by atoms with Gasteiger partial charge in [-0.25, -0.2) is 9.78 Å². The SMILES string of the molecule is Cc1cc(Nc2nc(N[C@@H]3C[C@H]4CC[C@@H](C3)N4C(=O)OC(C)(C)C)nc3cc[nH]c23)n[nH]1. The lowest BCUT2D eigenvalue weighted by molar-refractivity contribution is 0.00682. The van der Waals surface area contributed by atoms with Crippen molar-refractivity contribution in [2.75, 3.05) is 10.6 Å². The van der Waals surface area contributed by atoms with E-state index < -0.39 is 5.60 Å². The third-order valence-electron chi connectivity index (χ3n) is 6.03. The predicted octanol–water partition coefficient (Wildman–Crippen LogP) is 4.08. The van der Waals surface area contributed by atoms with E-state index in [1.165, 1.54) is 0 Å². The Labute approximate surface area is 186 Å². The third-order valence-corrected chi connectivity index (χ3v) is 6.03. The second kappa shape index (κ2) is 7.68. The molecule has 0 radical (unpaired) electrons. The Hall–Kier alpha value is -3.30. The normalized spacial score (nSPS) is 22.9. The molecule has 10 heteroatoms. The van der Waals surface area contributed by atoms with Crippen LogP contribution in [0, 0.1) is 6.92 Å². The molecular formula is C22H30N8O2. The Bertz CT molecular complexity index is 1120. The number of carbonyl (C=O) groups is 1. The van der Waals surface area contributed by atoms with Crippen molar-refractivity contribution >= 4 is 34.7 Å². The van der Waals surface area contributed by atoms with Gasteiger partial charge in [-0.05, 0) is 59.4 Å². The number of rotatable bonds is 4. The highest BCUT2D eigenvalue weighted by Gasteiger charge is 2.45. The summed E-state index contributed by atoms with van der Waals surface area (Å²) in [7, 11) is 0. The molecule has 0 saturated carbocycles. The van der Waals surface area contributed by atoms with Crippen molar-refractivity contribution in [1.29, 1.82) is 0 Å². The predicted molar refractivity (Wildman–Crippen MR) is 122 cm³/mol. The molecule has 5 rings (SSSR count). The van der Waals surface area contributed by atoms with Gasteiger partial charge in [0.2, 0.25) is 5.95 Å². The monoisotopic (exact) mass is 438 g/mol. The Kier molecular flexibility index (Phi) is 4.94. The van der Waals surface area contributed by atoms with Crippen molar-refractivity contribution in [2.24, 2.45) is 0 Å². The molecule has 0 unspecified atom stereocenters. The molecule has 5 heterocycles. The molecule has 3 atom stereocenters. The fourth-order valence-corrected chi connectivity index (χ4v) is 4.79. The molecule has 2 saturated heterocycles. The smallest absolute Gasteiger partial charge is 0.410 e. The highest BCUT2D eigenvalue weighted by molar-refractivity contribution is 5.88. The number of amides is 1. The molecule has 2 aliphatic rings. The van der Waals surface area contributed by atoms with Gasteiger partial charge in [-0.15, -0.1) is 0 Å². The first-order valence-corrected chi connectivity index (χ1v) is 11.2. The maximum absolute atomic E-state index is 12.7. The largest absolute Gasteiger partial charge is 0.444 e. The molecule has 2 aliphatic heterocycles. The van der Waals surface area contributed by atoms with Gasteiger partial charge in [0.15, 0.2) is 11.6 Å². The van der Waals surface area contributed by atoms with E-state index in [1.807, 2.05) is 50.9 Å². The van der Waals surface area contributed by atoms with Crippen LogP contribution in [0.4, 0.5) is 22.4 Å². The maximum atomic E-state index is 12.7. The van der Waals surface area contributed by atoms with Crippen molar-refractivity contribution in [3.05, 3.63) is 24.0 Å². The fourth-order valence-electron chi connectivity index (χ4n) is 4.79. The number of carbonyl (C=O) groups excluding carboxylic acids is 1. The number of aromatic amines is 2. The van der Waals surface area contributed by atoms with Crippen LogP contribution in [0.5, 0.6) is 0 Å². The molecule has 2 bridgehead atoms. The van der Waals surface area contributed by atoms with Crippen LogP contribution in [-0.4, -0.2) is 59.9 Å². The van der Waals surface area contributed by atoms with E-state index in [0.717, 1.165) is 42.4 Å². The lowest BCUT2D eigenvalue weighted by Crippen LogP contribution is -2.51. The third kappa shape index (κ3) is 4.09. The highest BCUT2D eigenvalue weighted by atomic mass is 16.6. The van der Waals surface area contributed by atoms with E-state index in [2.05, 4.69) is 30.8 Å². The van der Waals surface area contributed by atoms with E-state index in [-0.39, 0.29) is 24.2 Å². The molecular weight excluding hydrogens is 408 g/mol. The van der Waals surface area contributed by atoms with E-state index >= 15 is 0 Å². The number of aromatic nitrogens is 5. The van der Waals surface area contributed by atoms with Crippen LogP contribution in [0.1, 0.15) is 52.1 Å². The van der Waals surface area contributed by atoms with Gasteiger partial charge >= 0.3 is 6.09 Å². The van der Waals surface area contributed by atoms with Crippen molar-refractivity contribution in [3.8, 4) is 0 Å². The van der Waals surface area contributed by atoms with E-state index in [1.54, 1.807) is 0 Å². The Morgan fingerprint density at radius 2 is 1.97 bits per heavy atom. The van der Waals surface area contributed by atoms with Gasteiger partial charge in [0.1, 0.15) is 11.1 Å². The standard InChI is InChI=1S/C22H30N8O2/c1-12-9-17(29-28-12)26-19-18-16(7-8-23-18)25-20(27-19)24-13-10-14-5-6-15(11-13)30(14)21(31)32-22(2,3)4/h7-9,13-15,23H,5-6,10-11H2,1-4H3,(H3,24,25,26,27,28,29)/t13-,14-,15+. The number of H-pyrrole nitrogens is 2. The molecule has 0 aromatic carbocycles. The molecule has 170 valence electrons. The van der Waals surface area contributed by atoms with E-state index in [0.29, 0.717) is 17.6 Å². The van der Waals surface area contributed by atoms with Crippen molar-refractivity contribution in [2.45, 2.75) is 77.1 Å². The average molecular weight is 439 g/mol. The lowest BCUT2D eigenvalue weighted by atomic mass is 9.98. The van der Waals surface area contributed by atoms with Crippen molar-refractivity contribution in [3.63, 3.8) is 0 Å². The number of hydrogen-bond acceptors (Lipinski definition) is 7. The number of nitrogens with one attached hydrogen (secondary N) is 4. The number of nitrogens with zero attached hydrogens (tertiary/aromatic N) is 4. The Balaban J connectivity index is 1.32. The van der Waals surface area contributed by atoms with Gasteiger partial charge in [0.05, 0.1) is 5.52 Å². The summed E-state index contributed by atoms with van der Waals surface area (Å²) in [5.74, 6) is 1.94. The number of aryl methyl sites for hydroxylation is 1. The van der Waals surface area contributed by atoms with Crippen LogP contribution in [0.2, 0.25) is 0 Å². The maximum Gasteiger partial charge on any atom is 0.410 e. The first-order chi connectivity index (χ1) is 15.2. The zero-order valence-electron chi connectivity index (χ0n) is 18.9. The van der Waals surface area contributed by atoms with Gasteiger partial charge in [-0.1, -0.05) is 0 Å². The van der Waals surface area contributed by atoms with Gasteiger partial charge in [-0.2, -0.15) is 10.1 Å². The number of piperidine rings is 1. The van der Waals surface area contributed by atoms with Crippen LogP contribution >= 0.6 is 0 Å². The van der Waals surface area contributed by atoms with Crippen LogP contribution in [-0.2, 0) is 4.74 Å². The summed E-state index contributed by atoms with van der Waals surface area (Å²) in [4.78, 5) is 27.3. The minimum atomic E-state index is -0.484. The average Bonchev–Trinajstić information content (AvgIpc) is 3.39. The summed E-state index contributed by atoms with van der Waals surface area (Å²) < 4.78 is 5.65. The molecule has 0 aliphatic carbocycles. The zero-order chi connectivity index (χ0) is 22.5. The molecule has 4 N–H and O–H groups in total. The van der Waals surface area contributed by atoms with Gasteiger partial charge < -0.3 is 25.3 Å². The molecule has 1 amide bonds. The molecule has 32 heavy (non-hydrogen) atoms. The minimum Gasteiger partial charge on any atom is -0.444 e. The quantitative estimate of drug-likeness (QED) is 0.484. The second-order valence-electron chi connectivity index (χ2n) is 9.78. The molecule has 0 spiro atoms. The van der Waals surface area contributed by atoms with Gasteiger partial charge in [0.25, 0.3) is 0 Å². The first-order valence-electron chi connectivity index (χ1n) is 11.2. The number of fused-ring (bicyclic) bond motifs is 3. The number of hydrogen-bond donors (Lipinski definition) is 4. The number of anilines is 3. The van der Waals surface area contributed by atoms with E-state index in [9.17, 15) is 4.79 Å². The Morgan fingerprint density at radius 3 is 2.62 bits per heavy atom. The van der Waals surface area contributed by atoms with Gasteiger partial charge in [0, 0.05) is 36.1 Å². The molecule has 3 aromatic heterocycles. The minimum absolute atomic E-state index is 0.182. The summed E-state index contributed by atoms with van der Waals surface area (Å²) in [6, 6.07) is 4.41. The van der Waals surface area contributed by atoms with Gasteiger partial charge in [-0.3, -0.25) is 5.10 Å². The van der Waals surface area contributed by atoms with Crippen LogP contribution < -0.4 is 10.6 Å². The molecule has 10 nitrogen and oxygen atoms in total. The Morgan fingerprint density at radius 1 is 1.22 bits per heavy atom. The molecule has 3 aromatic rings. The summed E-state index contributed by atoms with van der Waals surface area (Å²) in [5, 5.41) is 14.0. The number of ether oxygens (including phenoxy) is 1. The van der Waals surface area contributed by atoms with E-state index in [4.69, 9.17) is 9.72 Å². The summed E-state index contributed by atoms with van der Waals surface area (Å²) in [6.07, 6.45) is 5.37. The molecule has 2 fully saturated rings. The van der Waals surface area contributed by atoms with Crippen LogP contribution in [0.3, 0.4) is 0 Å².